The van der Waals surface area contributed by atoms with Crippen molar-refractivity contribution in [3.05, 3.63) is 54.1 Å². The minimum atomic E-state index is -4.97. The summed E-state index contributed by atoms with van der Waals surface area (Å²) >= 11 is 0. The van der Waals surface area contributed by atoms with Crippen LogP contribution in [0.2, 0.25) is 0 Å². The van der Waals surface area contributed by atoms with Gasteiger partial charge in [0.25, 0.3) is 0 Å². The lowest BCUT2D eigenvalue weighted by atomic mass is 9.89. The zero-order valence-corrected chi connectivity index (χ0v) is 12.6. The lowest BCUT2D eigenvalue weighted by Crippen LogP contribution is -2.49. The van der Waals surface area contributed by atoms with Gasteiger partial charge in [0.2, 0.25) is 0 Å². The summed E-state index contributed by atoms with van der Waals surface area (Å²) in [7, 11) is 1.55. The topological polar surface area (TPSA) is 51.0 Å². The van der Waals surface area contributed by atoms with E-state index in [4.69, 9.17) is 4.74 Å². The lowest BCUT2D eigenvalue weighted by molar-refractivity contribution is -0.361. The van der Waals surface area contributed by atoms with Gasteiger partial charge in [-0.1, -0.05) is 41.6 Å². The predicted molar refractivity (Wildman–Crippen MR) is 81.8 cm³/mol. The third-order valence-electron chi connectivity index (χ3n) is 3.90. The van der Waals surface area contributed by atoms with Gasteiger partial charge < -0.3 is 14.7 Å². The normalized spacial score (nSPS) is 23.1. The molecule has 2 unspecified atom stereocenters. The van der Waals surface area contributed by atoms with Gasteiger partial charge in [-0.25, -0.2) is 0 Å². The molecule has 0 saturated carbocycles. The number of oxime groups is 1. The Kier molecular flexibility index (Phi) is 3.96. The van der Waals surface area contributed by atoms with E-state index in [9.17, 15) is 18.3 Å². The van der Waals surface area contributed by atoms with Gasteiger partial charge in [0.15, 0.2) is 0 Å². The first-order valence-corrected chi connectivity index (χ1v) is 7.10. The van der Waals surface area contributed by atoms with Gasteiger partial charge in [-0.2, -0.15) is 13.2 Å². The van der Waals surface area contributed by atoms with Crippen molar-refractivity contribution in [3.63, 3.8) is 0 Å². The number of rotatable bonds is 3. The zero-order valence-electron chi connectivity index (χ0n) is 12.6. The second kappa shape index (κ2) is 5.83. The Labute approximate surface area is 136 Å². The van der Waals surface area contributed by atoms with Crippen LogP contribution in [0.25, 0.3) is 11.1 Å². The summed E-state index contributed by atoms with van der Waals surface area (Å²) in [4.78, 5) is 4.23. The van der Waals surface area contributed by atoms with Crippen LogP contribution >= 0.6 is 0 Å². The van der Waals surface area contributed by atoms with Gasteiger partial charge in [-0.05, 0) is 28.8 Å². The first-order valence-electron chi connectivity index (χ1n) is 7.10. The molecule has 0 amide bonds. The number of halogens is 3. The molecule has 4 nitrogen and oxygen atoms in total. The molecule has 2 aromatic carbocycles. The third-order valence-corrected chi connectivity index (χ3v) is 3.90. The van der Waals surface area contributed by atoms with Crippen LogP contribution in [0.5, 0.6) is 5.75 Å². The predicted octanol–water partition coefficient (Wildman–Crippen LogP) is 3.71. The first kappa shape index (κ1) is 16.3. The minimum Gasteiger partial charge on any atom is -0.497 e. The average Bonchev–Trinajstić information content (AvgIpc) is 2.98. The third kappa shape index (κ3) is 2.71. The SMILES string of the molecule is COc1ccc(-c2cccc(C3C=NOC3(O)C(F)(F)F)c2)cc1. The van der Waals surface area contributed by atoms with Crippen LogP contribution in [-0.2, 0) is 4.84 Å². The molecule has 1 heterocycles. The van der Waals surface area contributed by atoms with Crippen LogP contribution < -0.4 is 4.74 Å². The molecule has 7 heteroatoms. The van der Waals surface area contributed by atoms with Crippen molar-refractivity contribution >= 4 is 6.21 Å². The Morgan fingerprint density at radius 3 is 2.46 bits per heavy atom. The summed E-state index contributed by atoms with van der Waals surface area (Å²) in [5.74, 6) is -4.11. The molecule has 0 bridgehead atoms. The number of aliphatic hydroxyl groups is 1. The highest BCUT2D eigenvalue weighted by Gasteiger charge is 2.64. The van der Waals surface area contributed by atoms with Crippen LogP contribution in [0, 0.1) is 0 Å². The number of alkyl halides is 3. The molecule has 24 heavy (non-hydrogen) atoms. The monoisotopic (exact) mass is 337 g/mol. The minimum absolute atomic E-state index is 0.254. The van der Waals surface area contributed by atoms with Crippen molar-refractivity contribution in [2.24, 2.45) is 5.16 Å². The number of benzene rings is 2. The molecule has 126 valence electrons. The van der Waals surface area contributed by atoms with E-state index < -0.39 is 17.9 Å². The summed E-state index contributed by atoms with van der Waals surface area (Å²) < 4.78 is 44.4. The van der Waals surface area contributed by atoms with E-state index in [1.54, 1.807) is 49.6 Å². The first-order chi connectivity index (χ1) is 11.3. The Bertz CT molecular complexity index is 758. The average molecular weight is 337 g/mol. The highest BCUT2D eigenvalue weighted by Crippen LogP contribution is 2.44. The smallest absolute Gasteiger partial charge is 0.458 e. The fourth-order valence-corrected chi connectivity index (χ4v) is 2.56. The molecule has 1 aliphatic rings. The Balaban J connectivity index is 1.97. The summed E-state index contributed by atoms with van der Waals surface area (Å²) in [5, 5.41) is 13.1. The highest BCUT2D eigenvalue weighted by atomic mass is 19.4. The molecule has 2 atom stereocenters. The summed E-state index contributed by atoms with van der Waals surface area (Å²) in [5.41, 5.74) is 1.77. The van der Waals surface area contributed by atoms with Crippen LogP contribution in [-0.4, -0.2) is 30.4 Å². The summed E-state index contributed by atoms with van der Waals surface area (Å²) in [6.45, 7) is 0. The molecule has 1 aliphatic heterocycles. The summed E-state index contributed by atoms with van der Waals surface area (Å²) in [6, 6.07) is 13.6. The fraction of sp³-hybridized carbons (Fsp3) is 0.235. The molecule has 0 aliphatic carbocycles. The molecule has 3 rings (SSSR count). The van der Waals surface area contributed by atoms with Crippen molar-refractivity contribution in [2.45, 2.75) is 17.9 Å². The molecule has 0 saturated heterocycles. The molecule has 0 aromatic heterocycles. The van der Waals surface area contributed by atoms with E-state index in [-0.39, 0.29) is 5.56 Å². The van der Waals surface area contributed by atoms with E-state index >= 15 is 0 Å². The molecule has 2 aromatic rings. The maximum atomic E-state index is 13.1. The quantitative estimate of drug-likeness (QED) is 0.929. The van der Waals surface area contributed by atoms with Gasteiger partial charge in [0, 0.05) is 0 Å². The standard InChI is InChI=1S/C17H14F3NO3/c1-23-14-7-5-11(6-8-14)12-3-2-4-13(9-12)15-10-21-24-16(15,22)17(18,19)20/h2-10,15,22H,1H3. The number of ether oxygens (including phenoxy) is 1. The van der Waals surface area contributed by atoms with E-state index in [2.05, 4.69) is 9.99 Å². The van der Waals surface area contributed by atoms with Gasteiger partial charge >= 0.3 is 12.0 Å². The molecule has 0 fully saturated rings. The second-order valence-electron chi connectivity index (χ2n) is 5.37. The Morgan fingerprint density at radius 1 is 1.12 bits per heavy atom. The number of methoxy groups -OCH3 is 1. The molecular formula is C17H14F3NO3. The maximum Gasteiger partial charge on any atom is 0.458 e. The van der Waals surface area contributed by atoms with E-state index in [0.29, 0.717) is 11.3 Å². The largest absolute Gasteiger partial charge is 0.497 e. The molecule has 0 spiro atoms. The van der Waals surface area contributed by atoms with E-state index in [0.717, 1.165) is 11.8 Å². The number of hydrogen-bond donors (Lipinski definition) is 1. The Morgan fingerprint density at radius 2 is 1.83 bits per heavy atom. The lowest BCUT2D eigenvalue weighted by Gasteiger charge is -2.28. The fourth-order valence-electron chi connectivity index (χ4n) is 2.56. The van der Waals surface area contributed by atoms with E-state index in [1.165, 1.54) is 6.07 Å². The highest BCUT2D eigenvalue weighted by molar-refractivity contribution is 5.73. The van der Waals surface area contributed by atoms with Gasteiger partial charge in [0.05, 0.1) is 19.2 Å². The number of nitrogens with zero attached hydrogens (tertiary/aromatic N) is 1. The van der Waals surface area contributed by atoms with E-state index in [1.807, 2.05) is 0 Å². The summed E-state index contributed by atoms with van der Waals surface area (Å²) in [6.07, 6.45) is -4.01. The van der Waals surface area contributed by atoms with Crippen LogP contribution in [0.3, 0.4) is 0 Å². The van der Waals surface area contributed by atoms with Crippen molar-refractivity contribution in [1.82, 2.24) is 0 Å². The van der Waals surface area contributed by atoms with Crippen LogP contribution in [0.1, 0.15) is 11.5 Å². The Hall–Kier alpha value is -2.54. The number of hydrogen-bond acceptors (Lipinski definition) is 4. The van der Waals surface area contributed by atoms with Gasteiger partial charge in [-0.3, -0.25) is 0 Å². The van der Waals surface area contributed by atoms with Crippen molar-refractivity contribution in [3.8, 4) is 16.9 Å². The second-order valence-corrected chi connectivity index (χ2v) is 5.37. The van der Waals surface area contributed by atoms with Crippen molar-refractivity contribution in [2.75, 3.05) is 7.11 Å². The van der Waals surface area contributed by atoms with Gasteiger partial charge in [-0.15, -0.1) is 0 Å². The molecule has 1 N–H and O–H groups in total. The van der Waals surface area contributed by atoms with Crippen molar-refractivity contribution in [1.29, 1.82) is 0 Å². The molecule has 0 radical (unpaired) electrons. The van der Waals surface area contributed by atoms with Gasteiger partial charge in [0.1, 0.15) is 5.75 Å². The van der Waals surface area contributed by atoms with Crippen molar-refractivity contribution < 1.29 is 27.9 Å². The van der Waals surface area contributed by atoms with Crippen LogP contribution in [0.4, 0.5) is 13.2 Å². The zero-order chi connectivity index (χ0) is 17.4. The van der Waals surface area contributed by atoms with Crippen LogP contribution in [0.15, 0.2) is 53.7 Å². The molecular weight excluding hydrogens is 323 g/mol. The maximum absolute atomic E-state index is 13.1.